The number of hydrogen-bond acceptors (Lipinski definition) is 4. The summed E-state index contributed by atoms with van der Waals surface area (Å²) in [5, 5.41) is 21.8. The lowest BCUT2D eigenvalue weighted by Gasteiger charge is -2.31. The van der Waals surface area contributed by atoms with Crippen molar-refractivity contribution >= 4 is 11.6 Å². The van der Waals surface area contributed by atoms with Crippen LogP contribution >= 0.6 is 0 Å². The standard InChI is InChI=1S/C22H30O4/c1-19(2)11-7-9-21(19,5)17(25)13(11)15(23)16(24)14-12-8-10-22(6,18(14)26)20(12,3)4/h11-12,23-24H,7-10H2,1-6H3. The van der Waals surface area contributed by atoms with E-state index in [1.807, 2.05) is 13.8 Å². The van der Waals surface area contributed by atoms with E-state index in [9.17, 15) is 19.8 Å². The molecule has 26 heavy (non-hydrogen) atoms. The van der Waals surface area contributed by atoms with Gasteiger partial charge >= 0.3 is 0 Å². The van der Waals surface area contributed by atoms with Crippen molar-refractivity contribution in [2.75, 3.05) is 0 Å². The molecule has 4 fully saturated rings. The third-order valence-corrected chi connectivity index (χ3v) is 9.38. The second-order valence-corrected chi connectivity index (χ2v) is 10.5. The average Bonchev–Trinajstić information content (AvgIpc) is 3.04. The molecule has 4 rings (SSSR count). The summed E-state index contributed by atoms with van der Waals surface area (Å²) in [7, 11) is 0. The van der Waals surface area contributed by atoms with E-state index >= 15 is 0 Å². The van der Waals surface area contributed by atoms with Gasteiger partial charge in [-0.25, -0.2) is 0 Å². The first kappa shape index (κ1) is 17.8. The lowest BCUT2D eigenvalue weighted by Crippen LogP contribution is -2.32. The molecule has 0 aliphatic heterocycles. The van der Waals surface area contributed by atoms with Crippen molar-refractivity contribution in [2.24, 2.45) is 33.5 Å². The largest absolute Gasteiger partial charge is 0.504 e. The summed E-state index contributed by atoms with van der Waals surface area (Å²) >= 11 is 0. The third kappa shape index (κ3) is 1.59. The Morgan fingerprint density at radius 2 is 1.04 bits per heavy atom. The van der Waals surface area contributed by atoms with Gasteiger partial charge in [0, 0.05) is 22.0 Å². The van der Waals surface area contributed by atoms with Crippen LogP contribution in [0.4, 0.5) is 0 Å². The zero-order chi connectivity index (χ0) is 19.4. The molecule has 0 spiro atoms. The summed E-state index contributed by atoms with van der Waals surface area (Å²) in [6, 6.07) is 0. The predicted octanol–water partition coefficient (Wildman–Crippen LogP) is 4.66. The van der Waals surface area contributed by atoms with Crippen LogP contribution in [0.5, 0.6) is 0 Å². The molecule has 4 saturated carbocycles. The van der Waals surface area contributed by atoms with E-state index in [0.29, 0.717) is 11.1 Å². The lowest BCUT2D eigenvalue weighted by atomic mass is 9.70. The monoisotopic (exact) mass is 358 g/mol. The Kier molecular flexibility index (Phi) is 3.17. The van der Waals surface area contributed by atoms with Crippen LogP contribution in [0.1, 0.15) is 67.2 Å². The van der Waals surface area contributed by atoms with Gasteiger partial charge in [-0.05, 0) is 48.3 Å². The molecule has 4 bridgehead atoms. The zero-order valence-electron chi connectivity index (χ0n) is 16.7. The second-order valence-electron chi connectivity index (χ2n) is 10.5. The molecular formula is C22H30O4. The smallest absolute Gasteiger partial charge is 0.169 e. The molecule has 4 aliphatic rings. The van der Waals surface area contributed by atoms with Gasteiger partial charge in [0.05, 0.1) is 0 Å². The van der Waals surface area contributed by atoms with Crippen LogP contribution in [0.3, 0.4) is 0 Å². The number of carbonyl (C=O) groups is 2. The minimum Gasteiger partial charge on any atom is -0.504 e. The van der Waals surface area contributed by atoms with Gasteiger partial charge in [0.25, 0.3) is 0 Å². The van der Waals surface area contributed by atoms with Gasteiger partial charge in [0.1, 0.15) is 0 Å². The van der Waals surface area contributed by atoms with Crippen molar-refractivity contribution in [3.8, 4) is 0 Å². The van der Waals surface area contributed by atoms with Crippen molar-refractivity contribution in [1.29, 1.82) is 0 Å². The number of fused-ring (bicyclic) bond motifs is 4. The maximum absolute atomic E-state index is 13.1. The minimum absolute atomic E-state index is 0.0653. The van der Waals surface area contributed by atoms with Crippen LogP contribution in [0.15, 0.2) is 22.7 Å². The average molecular weight is 358 g/mol. The Balaban J connectivity index is 1.87. The van der Waals surface area contributed by atoms with Gasteiger partial charge in [-0.15, -0.1) is 0 Å². The molecule has 4 aliphatic carbocycles. The molecule has 142 valence electrons. The Hall–Kier alpha value is -1.58. The van der Waals surface area contributed by atoms with Crippen LogP contribution in [0, 0.1) is 33.5 Å². The number of carbonyl (C=O) groups excluding carboxylic acids is 2. The highest BCUT2D eigenvalue weighted by Gasteiger charge is 2.67. The van der Waals surface area contributed by atoms with E-state index in [4.69, 9.17) is 0 Å². The summed E-state index contributed by atoms with van der Waals surface area (Å²) < 4.78 is 0. The van der Waals surface area contributed by atoms with Crippen LogP contribution in [-0.4, -0.2) is 21.8 Å². The molecule has 4 nitrogen and oxygen atoms in total. The normalized spacial score (nSPS) is 46.2. The Bertz CT molecular complexity index is 744. The van der Waals surface area contributed by atoms with E-state index in [0.717, 1.165) is 25.7 Å². The number of aliphatic hydroxyl groups excluding tert-OH is 2. The topological polar surface area (TPSA) is 74.6 Å². The number of allylic oxidation sites excluding steroid dienone is 2. The second kappa shape index (κ2) is 4.63. The Labute approximate surface area is 155 Å². The number of rotatable bonds is 1. The molecule has 0 heterocycles. The fraction of sp³-hybridized carbons (Fsp3) is 0.727. The summed E-state index contributed by atoms with van der Waals surface area (Å²) in [6.45, 7) is 12.2. The summed E-state index contributed by atoms with van der Waals surface area (Å²) in [5.74, 6) is -0.951. The highest BCUT2D eigenvalue weighted by Crippen LogP contribution is 2.68. The van der Waals surface area contributed by atoms with E-state index in [1.165, 1.54) is 0 Å². The Morgan fingerprint density at radius 1 is 0.731 bits per heavy atom. The molecule has 4 heteroatoms. The quantitative estimate of drug-likeness (QED) is 0.528. The number of Topliss-reactive ketones (excluding diaryl/α,β-unsaturated/α-hetero) is 2. The predicted molar refractivity (Wildman–Crippen MR) is 98.5 cm³/mol. The van der Waals surface area contributed by atoms with Gasteiger partial charge < -0.3 is 10.2 Å². The van der Waals surface area contributed by atoms with E-state index in [2.05, 4.69) is 27.7 Å². The number of ketones is 2. The summed E-state index contributed by atoms with van der Waals surface area (Å²) in [6.07, 6.45) is 3.28. The molecule has 0 radical (unpaired) electrons. The summed E-state index contributed by atoms with van der Waals surface area (Å²) in [4.78, 5) is 26.1. The van der Waals surface area contributed by atoms with Crippen molar-refractivity contribution in [1.82, 2.24) is 0 Å². The maximum atomic E-state index is 13.1. The number of hydrogen-bond donors (Lipinski definition) is 2. The zero-order valence-corrected chi connectivity index (χ0v) is 16.7. The van der Waals surface area contributed by atoms with Crippen LogP contribution < -0.4 is 0 Å². The third-order valence-electron chi connectivity index (χ3n) is 9.38. The molecule has 4 atom stereocenters. The van der Waals surface area contributed by atoms with E-state index < -0.39 is 10.8 Å². The fourth-order valence-corrected chi connectivity index (χ4v) is 6.53. The lowest BCUT2D eigenvalue weighted by molar-refractivity contribution is -0.126. The van der Waals surface area contributed by atoms with Crippen molar-refractivity contribution in [3.05, 3.63) is 22.7 Å². The van der Waals surface area contributed by atoms with E-state index in [1.54, 1.807) is 0 Å². The molecular weight excluding hydrogens is 328 g/mol. The fourth-order valence-electron chi connectivity index (χ4n) is 6.53. The van der Waals surface area contributed by atoms with Gasteiger partial charge in [-0.3, -0.25) is 9.59 Å². The molecule has 0 saturated heterocycles. The SMILES string of the molecule is CC12CCC(C(=C(O)C(O)=C3C(=O)C4(C)CCC3C4(C)C)C1=O)C2(C)C. The highest BCUT2D eigenvalue weighted by molar-refractivity contribution is 6.07. The Morgan fingerprint density at radius 3 is 1.27 bits per heavy atom. The maximum Gasteiger partial charge on any atom is 0.169 e. The van der Waals surface area contributed by atoms with Gasteiger partial charge in [0.15, 0.2) is 23.1 Å². The van der Waals surface area contributed by atoms with Gasteiger partial charge in [-0.2, -0.15) is 0 Å². The molecule has 2 N–H and O–H groups in total. The van der Waals surface area contributed by atoms with Crippen molar-refractivity contribution in [2.45, 2.75) is 67.2 Å². The van der Waals surface area contributed by atoms with Crippen molar-refractivity contribution < 1.29 is 19.8 Å². The van der Waals surface area contributed by atoms with Gasteiger partial charge in [-0.1, -0.05) is 41.5 Å². The van der Waals surface area contributed by atoms with Crippen LogP contribution in [0.2, 0.25) is 0 Å². The first-order valence-corrected chi connectivity index (χ1v) is 9.78. The highest BCUT2D eigenvalue weighted by atomic mass is 16.3. The van der Waals surface area contributed by atoms with Crippen LogP contribution in [-0.2, 0) is 9.59 Å². The van der Waals surface area contributed by atoms with Gasteiger partial charge in [0.2, 0.25) is 0 Å². The van der Waals surface area contributed by atoms with E-state index in [-0.39, 0.29) is 45.8 Å². The molecule has 4 unspecified atom stereocenters. The molecule has 0 aromatic heterocycles. The minimum atomic E-state index is -0.504. The molecule has 0 aromatic rings. The first-order chi connectivity index (χ1) is 11.8. The van der Waals surface area contributed by atoms with Crippen LogP contribution in [0.25, 0.3) is 0 Å². The molecule has 0 aromatic carbocycles. The molecule has 0 amide bonds. The van der Waals surface area contributed by atoms with Crippen molar-refractivity contribution in [3.63, 3.8) is 0 Å². The summed E-state index contributed by atoms with van der Waals surface area (Å²) in [5.41, 5.74) is -0.824. The first-order valence-electron chi connectivity index (χ1n) is 9.78. The number of aliphatic hydroxyl groups is 2.